The van der Waals surface area contributed by atoms with Crippen molar-refractivity contribution in [3.8, 4) is 16.9 Å². The molecule has 0 fully saturated rings. The predicted molar refractivity (Wildman–Crippen MR) is 85.4 cm³/mol. The summed E-state index contributed by atoms with van der Waals surface area (Å²) < 4.78 is 19.0. The summed E-state index contributed by atoms with van der Waals surface area (Å²) in [6, 6.07) is 10.5. The van der Waals surface area contributed by atoms with E-state index in [1.54, 1.807) is 13.2 Å². The van der Waals surface area contributed by atoms with Crippen molar-refractivity contribution >= 4 is 11.6 Å². The Hall–Kier alpha value is -1.58. The van der Waals surface area contributed by atoms with Gasteiger partial charge in [0.05, 0.1) is 7.11 Å². The van der Waals surface area contributed by atoms with E-state index in [-0.39, 0.29) is 5.82 Å². The van der Waals surface area contributed by atoms with Crippen LogP contribution in [0.15, 0.2) is 36.4 Å². The van der Waals surface area contributed by atoms with Crippen molar-refractivity contribution in [2.75, 3.05) is 7.11 Å². The minimum absolute atomic E-state index is 0.298. The number of halogens is 2. The van der Waals surface area contributed by atoms with Gasteiger partial charge in [0, 0.05) is 23.2 Å². The van der Waals surface area contributed by atoms with Gasteiger partial charge in [-0.15, -0.1) is 0 Å². The molecule has 2 rings (SSSR count). The molecular weight excluding hydrogens is 289 g/mol. The molecule has 112 valence electrons. The lowest BCUT2D eigenvalue weighted by atomic mass is 9.98. The highest BCUT2D eigenvalue weighted by atomic mass is 35.5. The van der Waals surface area contributed by atoms with Gasteiger partial charge in [-0.25, -0.2) is 4.39 Å². The van der Waals surface area contributed by atoms with Gasteiger partial charge in [0.1, 0.15) is 11.6 Å². The number of hydrogen-bond donors (Lipinski definition) is 1. The molecule has 2 nitrogen and oxygen atoms in total. The fourth-order valence-electron chi connectivity index (χ4n) is 2.16. The molecule has 21 heavy (non-hydrogen) atoms. The number of methoxy groups -OCH3 is 1. The second-order valence-electron chi connectivity index (χ2n) is 5.18. The number of nitrogens with one attached hydrogen (secondary N) is 1. The second-order valence-corrected chi connectivity index (χ2v) is 5.62. The van der Waals surface area contributed by atoms with Crippen LogP contribution in [0.4, 0.5) is 4.39 Å². The van der Waals surface area contributed by atoms with Crippen LogP contribution in [-0.4, -0.2) is 13.2 Å². The van der Waals surface area contributed by atoms with Gasteiger partial charge in [0.2, 0.25) is 0 Å². The zero-order valence-electron chi connectivity index (χ0n) is 12.4. The van der Waals surface area contributed by atoms with Gasteiger partial charge >= 0.3 is 0 Å². The standard InChI is InChI=1S/C17H19ClFNO/c1-11(2)20-10-12-4-5-13(18)8-15(12)16-9-14(19)6-7-17(16)21-3/h4-9,11,20H,10H2,1-3H3. The van der Waals surface area contributed by atoms with E-state index in [1.807, 2.05) is 18.2 Å². The van der Waals surface area contributed by atoms with Gasteiger partial charge in [-0.05, 0) is 41.5 Å². The number of rotatable bonds is 5. The van der Waals surface area contributed by atoms with Crippen molar-refractivity contribution in [3.05, 3.63) is 52.8 Å². The summed E-state index contributed by atoms with van der Waals surface area (Å²) in [4.78, 5) is 0. The molecule has 0 aliphatic carbocycles. The Bertz CT molecular complexity index is 628. The Balaban J connectivity index is 2.51. The molecule has 0 atom stereocenters. The first kappa shape index (κ1) is 15.8. The second kappa shape index (κ2) is 6.92. The predicted octanol–water partition coefficient (Wildman–Crippen LogP) is 4.65. The van der Waals surface area contributed by atoms with Crippen molar-refractivity contribution < 1.29 is 9.13 Å². The Morgan fingerprint density at radius 1 is 1.14 bits per heavy atom. The van der Waals surface area contributed by atoms with Crippen LogP contribution in [-0.2, 0) is 6.54 Å². The summed E-state index contributed by atoms with van der Waals surface area (Å²) in [6.45, 7) is 4.85. The Labute approximate surface area is 129 Å². The molecule has 0 aliphatic heterocycles. The van der Waals surface area contributed by atoms with Gasteiger partial charge < -0.3 is 10.1 Å². The molecular formula is C17H19ClFNO. The van der Waals surface area contributed by atoms with Crippen LogP contribution in [0.5, 0.6) is 5.75 Å². The third-order valence-corrected chi connectivity index (χ3v) is 3.46. The lowest BCUT2D eigenvalue weighted by Gasteiger charge is -2.15. The molecule has 0 saturated carbocycles. The Morgan fingerprint density at radius 2 is 1.90 bits per heavy atom. The molecule has 0 heterocycles. The molecule has 0 aliphatic rings. The maximum atomic E-state index is 13.6. The van der Waals surface area contributed by atoms with Gasteiger partial charge in [-0.3, -0.25) is 0 Å². The average molecular weight is 308 g/mol. The lowest BCUT2D eigenvalue weighted by molar-refractivity contribution is 0.415. The van der Waals surface area contributed by atoms with Crippen LogP contribution in [0.3, 0.4) is 0 Å². The number of ether oxygens (including phenoxy) is 1. The first-order chi connectivity index (χ1) is 10.0. The number of hydrogen-bond acceptors (Lipinski definition) is 2. The van der Waals surface area contributed by atoms with Gasteiger partial charge in [-0.2, -0.15) is 0 Å². The lowest BCUT2D eigenvalue weighted by Crippen LogP contribution is -2.22. The zero-order valence-corrected chi connectivity index (χ0v) is 13.2. The summed E-state index contributed by atoms with van der Waals surface area (Å²) in [5.41, 5.74) is 2.64. The third-order valence-electron chi connectivity index (χ3n) is 3.22. The van der Waals surface area contributed by atoms with Gasteiger partial charge in [-0.1, -0.05) is 31.5 Å². The molecule has 0 bridgehead atoms. The Kier molecular flexibility index (Phi) is 5.21. The van der Waals surface area contributed by atoms with Crippen LogP contribution in [0.1, 0.15) is 19.4 Å². The van der Waals surface area contributed by atoms with Crippen molar-refractivity contribution in [2.45, 2.75) is 26.4 Å². The van der Waals surface area contributed by atoms with E-state index in [2.05, 4.69) is 19.2 Å². The summed E-state index contributed by atoms with van der Waals surface area (Å²) >= 11 is 6.11. The number of benzene rings is 2. The van der Waals surface area contributed by atoms with E-state index in [0.29, 0.717) is 28.9 Å². The highest BCUT2D eigenvalue weighted by Gasteiger charge is 2.12. The largest absolute Gasteiger partial charge is 0.496 e. The summed E-state index contributed by atoms with van der Waals surface area (Å²) in [5.74, 6) is 0.331. The third kappa shape index (κ3) is 3.96. The molecule has 4 heteroatoms. The molecule has 0 amide bonds. The van der Waals surface area contributed by atoms with Gasteiger partial charge in [0.15, 0.2) is 0 Å². The van der Waals surface area contributed by atoms with Crippen molar-refractivity contribution in [3.63, 3.8) is 0 Å². The normalized spacial score (nSPS) is 11.0. The maximum Gasteiger partial charge on any atom is 0.126 e. The topological polar surface area (TPSA) is 21.3 Å². The van der Waals surface area contributed by atoms with Crippen LogP contribution in [0, 0.1) is 5.82 Å². The quantitative estimate of drug-likeness (QED) is 0.868. The molecule has 0 unspecified atom stereocenters. The molecule has 2 aromatic carbocycles. The highest BCUT2D eigenvalue weighted by molar-refractivity contribution is 6.30. The molecule has 0 aromatic heterocycles. The van der Waals surface area contributed by atoms with Crippen molar-refractivity contribution in [2.24, 2.45) is 0 Å². The van der Waals surface area contributed by atoms with E-state index in [9.17, 15) is 4.39 Å². The van der Waals surface area contributed by atoms with Crippen LogP contribution in [0.2, 0.25) is 5.02 Å². The van der Waals surface area contributed by atoms with E-state index in [0.717, 1.165) is 11.1 Å². The summed E-state index contributed by atoms with van der Waals surface area (Å²) in [6.07, 6.45) is 0. The van der Waals surface area contributed by atoms with E-state index >= 15 is 0 Å². The molecule has 1 N–H and O–H groups in total. The van der Waals surface area contributed by atoms with Crippen LogP contribution in [0.25, 0.3) is 11.1 Å². The van der Waals surface area contributed by atoms with Gasteiger partial charge in [0.25, 0.3) is 0 Å². The fraction of sp³-hybridized carbons (Fsp3) is 0.294. The molecule has 0 spiro atoms. The summed E-state index contributed by atoms with van der Waals surface area (Å²) in [7, 11) is 1.58. The van der Waals surface area contributed by atoms with Crippen molar-refractivity contribution in [1.82, 2.24) is 5.32 Å². The molecule has 0 saturated heterocycles. The minimum atomic E-state index is -0.298. The smallest absolute Gasteiger partial charge is 0.126 e. The van der Waals surface area contributed by atoms with Crippen molar-refractivity contribution in [1.29, 1.82) is 0 Å². The summed E-state index contributed by atoms with van der Waals surface area (Å²) in [5, 5.41) is 3.98. The highest BCUT2D eigenvalue weighted by Crippen LogP contribution is 2.34. The monoisotopic (exact) mass is 307 g/mol. The van der Waals surface area contributed by atoms with Crippen LogP contribution < -0.4 is 10.1 Å². The Morgan fingerprint density at radius 3 is 2.57 bits per heavy atom. The molecule has 0 radical (unpaired) electrons. The maximum absolute atomic E-state index is 13.6. The first-order valence-corrected chi connectivity index (χ1v) is 7.24. The average Bonchev–Trinajstić information content (AvgIpc) is 2.45. The van der Waals surface area contributed by atoms with E-state index in [1.165, 1.54) is 12.1 Å². The fourth-order valence-corrected chi connectivity index (χ4v) is 2.33. The SMILES string of the molecule is COc1ccc(F)cc1-c1cc(Cl)ccc1CNC(C)C. The zero-order chi connectivity index (χ0) is 15.4. The minimum Gasteiger partial charge on any atom is -0.496 e. The van der Waals surface area contributed by atoms with Crippen LogP contribution >= 0.6 is 11.6 Å². The van der Waals surface area contributed by atoms with E-state index < -0.39 is 0 Å². The first-order valence-electron chi connectivity index (χ1n) is 6.87. The molecule has 2 aromatic rings. The van der Waals surface area contributed by atoms with E-state index in [4.69, 9.17) is 16.3 Å².